The minimum atomic E-state index is 0.133. The Kier molecular flexibility index (Phi) is 2.25. The second-order valence-corrected chi connectivity index (χ2v) is 5.25. The molecular weight excluding hydrogens is 228 g/mol. The standard InChI is InChI=1S/C14H16N2O2/c1-7(2)12-8(3)11-13(15-12)10(17)6-9(14(11)18)16-4-5-16/h6-7,17-18H,3-5H2,1-2H3/p+1. The number of allylic oxidation sites excluding steroid dienone is 1. The van der Waals surface area contributed by atoms with Gasteiger partial charge in [0.05, 0.1) is 11.3 Å². The average molecular weight is 245 g/mol. The van der Waals surface area contributed by atoms with Crippen LogP contribution in [0.5, 0.6) is 11.5 Å². The Morgan fingerprint density at radius 1 is 1.33 bits per heavy atom. The lowest BCUT2D eigenvalue weighted by atomic mass is 9.96. The van der Waals surface area contributed by atoms with Crippen LogP contribution in [0.25, 0.3) is 5.57 Å². The third kappa shape index (κ3) is 1.46. The van der Waals surface area contributed by atoms with Gasteiger partial charge in [-0.3, -0.25) is 4.90 Å². The number of aliphatic imine (C=N–C) groups is 1. The summed E-state index contributed by atoms with van der Waals surface area (Å²) < 4.78 is 0. The Bertz CT molecular complexity index is 584. The number of phenolic OH excluding ortho intramolecular Hbond substituents is 2. The van der Waals surface area contributed by atoms with E-state index in [0.29, 0.717) is 11.3 Å². The van der Waals surface area contributed by atoms with E-state index in [1.165, 1.54) is 4.90 Å². The van der Waals surface area contributed by atoms with E-state index < -0.39 is 0 Å². The summed E-state index contributed by atoms with van der Waals surface area (Å²) in [6.45, 7) is 10.1. The van der Waals surface area contributed by atoms with Crippen molar-refractivity contribution in [2.45, 2.75) is 13.8 Å². The average Bonchev–Trinajstić information content (AvgIpc) is 3.07. The van der Waals surface area contributed by atoms with Crippen LogP contribution in [0, 0.1) is 5.92 Å². The van der Waals surface area contributed by atoms with Gasteiger partial charge >= 0.3 is 0 Å². The number of aromatic hydroxyl groups is 2. The highest BCUT2D eigenvalue weighted by Crippen LogP contribution is 2.49. The van der Waals surface area contributed by atoms with E-state index in [1.807, 2.05) is 13.8 Å². The molecule has 0 aliphatic carbocycles. The van der Waals surface area contributed by atoms with Crippen molar-refractivity contribution in [1.82, 2.24) is 0 Å². The van der Waals surface area contributed by atoms with Crippen molar-refractivity contribution in [3.05, 3.63) is 18.2 Å². The molecule has 4 heteroatoms. The molecule has 0 bridgehead atoms. The van der Waals surface area contributed by atoms with Crippen LogP contribution in [0.1, 0.15) is 19.4 Å². The van der Waals surface area contributed by atoms with Crippen molar-refractivity contribution < 1.29 is 15.1 Å². The SMILES string of the molecule is C=C1C(C(C)C)=Nc2c(O)cc([NH+]3CC3)c(O)c21. The molecule has 94 valence electrons. The molecule has 0 saturated carbocycles. The molecule has 0 radical (unpaired) electrons. The molecule has 0 atom stereocenters. The van der Waals surface area contributed by atoms with Crippen LogP contribution in [0.3, 0.4) is 0 Å². The van der Waals surface area contributed by atoms with Crippen LogP contribution >= 0.6 is 0 Å². The van der Waals surface area contributed by atoms with Gasteiger partial charge in [0.1, 0.15) is 24.5 Å². The summed E-state index contributed by atoms with van der Waals surface area (Å²) in [5, 5.41) is 20.4. The first kappa shape index (κ1) is 11.3. The molecule has 0 spiro atoms. The van der Waals surface area contributed by atoms with Gasteiger partial charge in [-0.15, -0.1) is 0 Å². The maximum atomic E-state index is 10.3. The minimum Gasteiger partial charge on any atom is -0.505 e. The predicted octanol–water partition coefficient (Wildman–Crippen LogP) is 1.38. The first-order valence-electron chi connectivity index (χ1n) is 6.23. The van der Waals surface area contributed by atoms with E-state index in [9.17, 15) is 10.2 Å². The first-order chi connectivity index (χ1) is 8.50. The molecule has 3 N–H and O–H groups in total. The Hall–Kier alpha value is -1.81. The number of fused-ring (bicyclic) bond motifs is 1. The quantitative estimate of drug-likeness (QED) is 0.419. The largest absolute Gasteiger partial charge is 0.505 e. The van der Waals surface area contributed by atoms with E-state index in [0.717, 1.165) is 30.1 Å². The molecule has 1 aromatic carbocycles. The van der Waals surface area contributed by atoms with Crippen LogP contribution < -0.4 is 4.90 Å². The lowest BCUT2D eigenvalue weighted by Crippen LogP contribution is -2.85. The van der Waals surface area contributed by atoms with Gasteiger partial charge in [-0.25, -0.2) is 4.99 Å². The molecule has 1 saturated heterocycles. The highest BCUT2D eigenvalue weighted by Gasteiger charge is 2.35. The number of nitrogens with zero attached hydrogens (tertiary/aromatic N) is 1. The molecule has 1 aromatic rings. The molecule has 18 heavy (non-hydrogen) atoms. The number of quaternary nitrogens is 1. The fourth-order valence-electron chi connectivity index (χ4n) is 2.44. The fraction of sp³-hybridized carbons (Fsp3) is 0.357. The molecule has 1 fully saturated rings. The highest BCUT2D eigenvalue weighted by atomic mass is 16.3. The van der Waals surface area contributed by atoms with Gasteiger partial charge < -0.3 is 10.2 Å². The normalized spacial score (nSPS) is 18.2. The predicted molar refractivity (Wildman–Crippen MR) is 71.1 cm³/mol. The number of hydrogen-bond acceptors (Lipinski definition) is 3. The highest BCUT2D eigenvalue weighted by molar-refractivity contribution is 6.30. The molecule has 0 aromatic heterocycles. The van der Waals surface area contributed by atoms with Crippen LogP contribution in [0.15, 0.2) is 17.6 Å². The van der Waals surface area contributed by atoms with Crippen molar-refractivity contribution in [3.8, 4) is 11.5 Å². The Morgan fingerprint density at radius 3 is 2.56 bits per heavy atom. The maximum absolute atomic E-state index is 10.3. The van der Waals surface area contributed by atoms with E-state index >= 15 is 0 Å². The smallest absolute Gasteiger partial charge is 0.187 e. The molecule has 0 unspecified atom stereocenters. The van der Waals surface area contributed by atoms with Gasteiger partial charge in [-0.1, -0.05) is 20.4 Å². The number of hydrogen-bond donors (Lipinski definition) is 3. The third-order valence-corrected chi connectivity index (χ3v) is 3.52. The molecule has 2 heterocycles. The molecule has 0 amide bonds. The van der Waals surface area contributed by atoms with Crippen molar-refractivity contribution in [2.24, 2.45) is 10.9 Å². The lowest BCUT2D eigenvalue weighted by Gasteiger charge is -2.09. The summed E-state index contributed by atoms with van der Waals surface area (Å²) in [5.74, 6) is 0.578. The topological polar surface area (TPSA) is 57.3 Å². The van der Waals surface area contributed by atoms with E-state index in [1.54, 1.807) is 6.07 Å². The maximum Gasteiger partial charge on any atom is 0.187 e. The summed E-state index contributed by atoms with van der Waals surface area (Å²) in [7, 11) is 0. The summed E-state index contributed by atoms with van der Waals surface area (Å²) >= 11 is 0. The lowest BCUT2D eigenvalue weighted by molar-refractivity contribution is -0.679. The van der Waals surface area contributed by atoms with Gasteiger partial charge in [0.2, 0.25) is 0 Å². The third-order valence-electron chi connectivity index (χ3n) is 3.52. The zero-order valence-electron chi connectivity index (χ0n) is 10.6. The van der Waals surface area contributed by atoms with Crippen molar-refractivity contribution in [2.75, 3.05) is 13.1 Å². The van der Waals surface area contributed by atoms with Crippen molar-refractivity contribution >= 4 is 22.7 Å². The van der Waals surface area contributed by atoms with E-state index in [2.05, 4.69) is 11.6 Å². The van der Waals surface area contributed by atoms with E-state index in [4.69, 9.17) is 0 Å². The second-order valence-electron chi connectivity index (χ2n) is 5.25. The molecular formula is C14H17N2O2+. The van der Waals surface area contributed by atoms with Gasteiger partial charge in [-0.05, 0) is 5.92 Å². The van der Waals surface area contributed by atoms with Crippen LogP contribution in [-0.4, -0.2) is 29.0 Å². The molecule has 3 rings (SSSR count). The van der Waals surface area contributed by atoms with Crippen LogP contribution in [-0.2, 0) is 0 Å². The Labute approximate surface area is 106 Å². The summed E-state index contributed by atoms with van der Waals surface area (Å²) in [6, 6.07) is 1.62. The molecule has 2 aliphatic rings. The van der Waals surface area contributed by atoms with Crippen LogP contribution in [0.4, 0.5) is 11.4 Å². The minimum absolute atomic E-state index is 0.133. The summed E-state index contributed by atoms with van der Waals surface area (Å²) in [6.07, 6.45) is 0. The van der Waals surface area contributed by atoms with Gasteiger partial charge in [0.15, 0.2) is 11.4 Å². The fourth-order valence-corrected chi connectivity index (χ4v) is 2.44. The van der Waals surface area contributed by atoms with Gasteiger partial charge in [-0.2, -0.15) is 0 Å². The number of phenols is 2. The van der Waals surface area contributed by atoms with Crippen LogP contribution in [0.2, 0.25) is 0 Å². The Morgan fingerprint density at radius 2 is 2.00 bits per heavy atom. The number of rotatable bonds is 2. The van der Waals surface area contributed by atoms with Gasteiger partial charge in [0.25, 0.3) is 0 Å². The zero-order chi connectivity index (χ0) is 13.0. The van der Waals surface area contributed by atoms with E-state index in [-0.39, 0.29) is 17.4 Å². The molecule has 2 aliphatic heterocycles. The van der Waals surface area contributed by atoms with Crippen molar-refractivity contribution in [3.63, 3.8) is 0 Å². The zero-order valence-corrected chi connectivity index (χ0v) is 10.6. The number of benzene rings is 1. The molecule has 4 nitrogen and oxygen atoms in total. The monoisotopic (exact) mass is 245 g/mol. The first-order valence-corrected chi connectivity index (χ1v) is 6.23. The summed E-state index contributed by atoms with van der Waals surface area (Å²) in [5.41, 5.74) is 3.40. The Balaban J connectivity index is 2.18. The van der Waals surface area contributed by atoms with Gasteiger partial charge in [0, 0.05) is 11.6 Å². The van der Waals surface area contributed by atoms with Crippen molar-refractivity contribution in [1.29, 1.82) is 0 Å². The summed E-state index contributed by atoms with van der Waals surface area (Å²) in [4.78, 5) is 5.60. The number of nitrogens with one attached hydrogen (secondary N) is 1. The second kappa shape index (κ2) is 3.59.